The second-order valence-electron chi connectivity index (χ2n) is 1.90. The van der Waals surface area contributed by atoms with Crippen LogP contribution in [0.25, 0.3) is 0 Å². The van der Waals surface area contributed by atoms with Crippen molar-refractivity contribution in [2.75, 3.05) is 13.2 Å². The van der Waals surface area contributed by atoms with Gasteiger partial charge >= 0.3 is 0 Å². The first-order chi connectivity index (χ1) is 5.00. The molecule has 0 saturated heterocycles. The second-order valence-corrected chi connectivity index (χ2v) is 1.90. The van der Waals surface area contributed by atoms with Gasteiger partial charge in [-0.15, -0.1) is 0 Å². The molecule has 0 saturated carbocycles. The van der Waals surface area contributed by atoms with E-state index in [0.29, 0.717) is 6.61 Å². The van der Waals surface area contributed by atoms with Crippen molar-refractivity contribution in [2.24, 2.45) is 0 Å². The van der Waals surface area contributed by atoms with Crippen molar-refractivity contribution in [3.63, 3.8) is 0 Å². The van der Waals surface area contributed by atoms with Gasteiger partial charge < -0.3 is 10.1 Å². The molecule has 0 aliphatic carbocycles. The Morgan fingerprint density at radius 3 is 3.00 bits per heavy atom. The van der Waals surface area contributed by atoms with Gasteiger partial charge in [-0.05, 0) is 18.4 Å². The lowest BCUT2D eigenvalue weighted by atomic mass is 10.4. The summed E-state index contributed by atoms with van der Waals surface area (Å²) < 4.78 is 5.08. The molecule has 1 N–H and O–H groups in total. The van der Waals surface area contributed by atoms with Crippen molar-refractivity contribution in [1.29, 1.82) is 0 Å². The van der Waals surface area contributed by atoms with Gasteiger partial charge in [-0.2, -0.15) is 0 Å². The van der Waals surface area contributed by atoms with Gasteiger partial charge in [0, 0.05) is 6.54 Å². The van der Waals surface area contributed by atoms with Gasteiger partial charge in [-0.25, -0.2) is 0 Å². The maximum absolute atomic E-state index is 5.08. The summed E-state index contributed by atoms with van der Waals surface area (Å²) in [7, 11) is 0. The minimum Gasteiger partial charge on any atom is -0.499 e. The maximum atomic E-state index is 5.08. The van der Waals surface area contributed by atoms with Crippen LogP contribution in [-0.4, -0.2) is 13.2 Å². The average molecular weight is 137 g/mol. The molecule has 0 fully saturated rings. The Bertz CT molecular complexity index is 141. The summed E-state index contributed by atoms with van der Waals surface area (Å²) in [5.41, 5.74) is 0. The monoisotopic (exact) mass is 137 g/mol. The number of hydrogen-bond acceptors (Lipinski definition) is 2. The first kappa shape index (κ1) is 6.93. The molecular formula is C8H11NO. The highest BCUT2D eigenvalue weighted by Crippen LogP contribution is 1.83. The van der Waals surface area contributed by atoms with Gasteiger partial charge in [0.15, 0.2) is 0 Å². The van der Waals surface area contributed by atoms with E-state index < -0.39 is 0 Å². The van der Waals surface area contributed by atoms with Gasteiger partial charge in [0.25, 0.3) is 0 Å². The molecule has 0 spiro atoms. The van der Waals surface area contributed by atoms with E-state index in [1.807, 2.05) is 30.5 Å². The topological polar surface area (TPSA) is 21.3 Å². The summed E-state index contributed by atoms with van der Waals surface area (Å²) in [6, 6.07) is 0. The summed E-state index contributed by atoms with van der Waals surface area (Å²) in [4.78, 5) is 0. The fraction of sp³-hybridized carbons (Fsp3) is 0.250. The van der Waals surface area contributed by atoms with Crippen LogP contribution in [0.1, 0.15) is 0 Å². The van der Waals surface area contributed by atoms with Crippen LogP contribution in [0.2, 0.25) is 0 Å². The quantitative estimate of drug-likeness (QED) is 0.541. The molecule has 0 bridgehead atoms. The smallest absolute Gasteiger partial charge is 0.104 e. The number of rotatable bonds is 0. The molecule has 0 aromatic rings. The Morgan fingerprint density at radius 1 is 1.10 bits per heavy atom. The molecule has 1 heterocycles. The van der Waals surface area contributed by atoms with Gasteiger partial charge in [-0.3, -0.25) is 0 Å². The van der Waals surface area contributed by atoms with E-state index in [2.05, 4.69) is 5.32 Å². The SMILES string of the molecule is C1=C\C=C\OCCN/C=C/1. The zero-order valence-electron chi connectivity index (χ0n) is 5.79. The van der Waals surface area contributed by atoms with Crippen LogP contribution in [0.3, 0.4) is 0 Å². The fourth-order valence-corrected chi connectivity index (χ4v) is 0.622. The lowest BCUT2D eigenvalue weighted by Crippen LogP contribution is -2.11. The predicted octanol–water partition coefficient (Wildman–Crippen LogP) is 1.19. The van der Waals surface area contributed by atoms with Crippen molar-refractivity contribution in [1.82, 2.24) is 5.32 Å². The van der Waals surface area contributed by atoms with E-state index in [1.165, 1.54) is 0 Å². The fourth-order valence-electron chi connectivity index (χ4n) is 0.622. The minimum atomic E-state index is 0.717. The number of hydrogen-bond donors (Lipinski definition) is 1. The van der Waals surface area contributed by atoms with Crippen molar-refractivity contribution in [3.05, 3.63) is 36.8 Å². The second kappa shape index (κ2) is 4.68. The third-order valence-corrected chi connectivity index (χ3v) is 1.09. The van der Waals surface area contributed by atoms with Crippen molar-refractivity contribution < 1.29 is 4.74 Å². The lowest BCUT2D eigenvalue weighted by molar-refractivity contribution is 0.253. The van der Waals surface area contributed by atoms with Crippen LogP contribution in [-0.2, 0) is 4.74 Å². The molecule has 1 aliphatic heterocycles. The third-order valence-electron chi connectivity index (χ3n) is 1.09. The third kappa shape index (κ3) is 2.97. The largest absolute Gasteiger partial charge is 0.499 e. The standard InChI is InChI=1S/C8H11NO/c1-2-4-7-10-8-6-9-5-3-1/h1-5,7,9H,6,8H2/b2-1-,5-3+,7-4+. The summed E-state index contributed by atoms with van der Waals surface area (Å²) >= 11 is 0. The summed E-state index contributed by atoms with van der Waals surface area (Å²) in [5, 5.41) is 3.06. The Balaban J connectivity index is 2.40. The van der Waals surface area contributed by atoms with Gasteiger partial charge in [0.1, 0.15) is 6.61 Å². The number of nitrogens with one attached hydrogen (secondary N) is 1. The van der Waals surface area contributed by atoms with Crippen molar-refractivity contribution in [2.45, 2.75) is 0 Å². The van der Waals surface area contributed by atoms with E-state index in [9.17, 15) is 0 Å². The van der Waals surface area contributed by atoms with Crippen LogP contribution < -0.4 is 5.32 Å². The van der Waals surface area contributed by atoms with Crippen LogP contribution in [0.5, 0.6) is 0 Å². The van der Waals surface area contributed by atoms with Crippen molar-refractivity contribution in [3.8, 4) is 0 Å². The molecule has 0 atom stereocenters. The molecule has 0 amide bonds. The van der Waals surface area contributed by atoms with Crippen LogP contribution in [0.4, 0.5) is 0 Å². The summed E-state index contributed by atoms with van der Waals surface area (Å²) in [6.45, 7) is 1.57. The number of allylic oxidation sites excluding steroid dienone is 4. The zero-order valence-corrected chi connectivity index (χ0v) is 5.79. The number of ether oxygens (including phenoxy) is 1. The van der Waals surface area contributed by atoms with Gasteiger partial charge in [-0.1, -0.05) is 12.2 Å². The predicted molar refractivity (Wildman–Crippen MR) is 41.4 cm³/mol. The molecule has 2 nitrogen and oxygen atoms in total. The maximum Gasteiger partial charge on any atom is 0.104 e. The molecule has 1 rings (SSSR count). The first-order valence-electron chi connectivity index (χ1n) is 3.33. The van der Waals surface area contributed by atoms with E-state index in [1.54, 1.807) is 6.26 Å². The van der Waals surface area contributed by atoms with E-state index in [-0.39, 0.29) is 0 Å². The normalized spacial score (nSPS) is 27.2. The minimum absolute atomic E-state index is 0.717. The highest BCUT2D eigenvalue weighted by atomic mass is 16.5. The Hall–Kier alpha value is -1.18. The van der Waals surface area contributed by atoms with Gasteiger partial charge in [0.05, 0.1) is 6.26 Å². The van der Waals surface area contributed by atoms with E-state index in [0.717, 1.165) is 6.54 Å². The molecule has 0 aromatic heterocycles. The van der Waals surface area contributed by atoms with E-state index >= 15 is 0 Å². The first-order valence-corrected chi connectivity index (χ1v) is 3.33. The highest BCUT2D eigenvalue weighted by Gasteiger charge is 1.79. The Morgan fingerprint density at radius 2 is 2.00 bits per heavy atom. The molecule has 1 aliphatic rings. The highest BCUT2D eigenvalue weighted by molar-refractivity contribution is 5.09. The lowest BCUT2D eigenvalue weighted by Gasteiger charge is -2.00. The van der Waals surface area contributed by atoms with Crippen LogP contribution in [0.15, 0.2) is 36.8 Å². The zero-order chi connectivity index (χ0) is 7.07. The van der Waals surface area contributed by atoms with E-state index in [4.69, 9.17) is 4.74 Å². The average Bonchev–Trinajstić information content (AvgIpc) is 2.01. The van der Waals surface area contributed by atoms with Crippen LogP contribution in [0, 0.1) is 0 Å². The van der Waals surface area contributed by atoms with Gasteiger partial charge in [0.2, 0.25) is 0 Å². The molecule has 54 valence electrons. The molecule has 0 unspecified atom stereocenters. The molecule has 10 heavy (non-hydrogen) atoms. The molecule has 0 radical (unpaired) electrons. The molecular weight excluding hydrogens is 126 g/mol. The molecule has 2 heteroatoms. The van der Waals surface area contributed by atoms with Crippen molar-refractivity contribution >= 4 is 0 Å². The summed E-state index contributed by atoms with van der Waals surface area (Å²) in [6.07, 6.45) is 11.3. The van der Waals surface area contributed by atoms with Crippen LogP contribution >= 0.6 is 0 Å². The Labute approximate surface area is 60.9 Å². The Kier molecular flexibility index (Phi) is 3.24. The molecule has 0 aromatic carbocycles. The summed E-state index contributed by atoms with van der Waals surface area (Å²) in [5.74, 6) is 0.